The molecule has 2 heteroatoms. The first-order valence-electron chi connectivity index (χ1n) is 6.72. The van der Waals surface area contributed by atoms with E-state index in [1.54, 1.807) is 0 Å². The minimum atomic E-state index is 1.07. The third-order valence-electron chi connectivity index (χ3n) is 3.64. The molecule has 0 N–H and O–H groups in total. The average Bonchev–Trinajstić information content (AvgIpc) is 2.67. The van der Waals surface area contributed by atoms with E-state index < -0.39 is 0 Å². The summed E-state index contributed by atoms with van der Waals surface area (Å²) >= 11 is 2.46. The highest BCUT2D eigenvalue weighted by molar-refractivity contribution is 14.1. The standard InChI is InChI=1S/C16H17IO/c17-15-13-10-6-1-2-7-11-14(13)18-16(15)12-8-4-3-5-9-12/h3-5,8-9H,1-2,6-7,10-11H2. The number of furan rings is 1. The van der Waals surface area contributed by atoms with Crippen LogP contribution in [0.2, 0.25) is 0 Å². The Hall–Kier alpha value is -0.770. The van der Waals surface area contributed by atoms with Crippen LogP contribution in [0.15, 0.2) is 34.7 Å². The number of benzene rings is 1. The lowest BCUT2D eigenvalue weighted by Gasteiger charge is -2.07. The molecule has 0 saturated heterocycles. The molecular weight excluding hydrogens is 335 g/mol. The van der Waals surface area contributed by atoms with Gasteiger partial charge in [-0.05, 0) is 41.9 Å². The van der Waals surface area contributed by atoms with Crippen molar-refractivity contribution >= 4 is 22.6 Å². The first-order valence-corrected chi connectivity index (χ1v) is 7.79. The lowest BCUT2D eigenvalue weighted by molar-refractivity contribution is 0.487. The van der Waals surface area contributed by atoms with E-state index in [0.29, 0.717) is 0 Å². The van der Waals surface area contributed by atoms with Crippen LogP contribution >= 0.6 is 22.6 Å². The predicted octanol–water partition coefficient (Wildman–Crippen LogP) is 5.21. The highest BCUT2D eigenvalue weighted by Crippen LogP contribution is 2.35. The molecule has 1 aliphatic carbocycles. The molecule has 1 aromatic heterocycles. The quantitative estimate of drug-likeness (QED) is 0.642. The van der Waals surface area contributed by atoms with Crippen LogP contribution in [0.25, 0.3) is 11.3 Å². The van der Waals surface area contributed by atoms with E-state index in [0.717, 1.165) is 12.2 Å². The Kier molecular flexibility index (Phi) is 3.73. The van der Waals surface area contributed by atoms with E-state index in [2.05, 4.69) is 52.9 Å². The molecule has 0 spiro atoms. The highest BCUT2D eigenvalue weighted by atomic mass is 127. The van der Waals surface area contributed by atoms with E-state index >= 15 is 0 Å². The van der Waals surface area contributed by atoms with Crippen molar-refractivity contribution in [2.24, 2.45) is 0 Å². The fourth-order valence-corrected chi connectivity index (χ4v) is 3.65. The molecule has 0 atom stereocenters. The van der Waals surface area contributed by atoms with Gasteiger partial charge in [-0.3, -0.25) is 0 Å². The van der Waals surface area contributed by atoms with Gasteiger partial charge in [0.15, 0.2) is 0 Å². The van der Waals surface area contributed by atoms with Gasteiger partial charge in [-0.15, -0.1) is 0 Å². The number of fused-ring (bicyclic) bond motifs is 1. The van der Waals surface area contributed by atoms with Crippen LogP contribution < -0.4 is 0 Å². The maximum Gasteiger partial charge on any atom is 0.147 e. The van der Waals surface area contributed by atoms with Gasteiger partial charge in [-0.1, -0.05) is 43.2 Å². The van der Waals surface area contributed by atoms with Crippen molar-refractivity contribution in [2.75, 3.05) is 0 Å². The zero-order chi connectivity index (χ0) is 12.4. The maximum absolute atomic E-state index is 6.15. The van der Waals surface area contributed by atoms with Crippen LogP contribution in [0.1, 0.15) is 37.0 Å². The number of hydrogen-bond donors (Lipinski definition) is 0. The van der Waals surface area contributed by atoms with Gasteiger partial charge < -0.3 is 4.42 Å². The van der Waals surface area contributed by atoms with Crippen molar-refractivity contribution < 1.29 is 4.42 Å². The summed E-state index contributed by atoms with van der Waals surface area (Å²) < 4.78 is 7.48. The molecule has 0 radical (unpaired) electrons. The third-order valence-corrected chi connectivity index (χ3v) is 4.78. The van der Waals surface area contributed by atoms with Gasteiger partial charge in [-0.2, -0.15) is 0 Å². The molecular formula is C16H17IO. The molecule has 1 nitrogen and oxygen atoms in total. The SMILES string of the molecule is Ic1c(-c2ccccc2)oc2c1CCCCCC2. The van der Waals surface area contributed by atoms with Crippen molar-refractivity contribution in [2.45, 2.75) is 38.5 Å². The Balaban J connectivity index is 2.04. The van der Waals surface area contributed by atoms with E-state index in [9.17, 15) is 0 Å². The monoisotopic (exact) mass is 352 g/mol. The second-order valence-corrected chi connectivity index (χ2v) is 6.01. The lowest BCUT2D eigenvalue weighted by Crippen LogP contribution is -1.97. The van der Waals surface area contributed by atoms with Gasteiger partial charge in [0.2, 0.25) is 0 Å². The van der Waals surface area contributed by atoms with E-state index in [4.69, 9.17) is 4.42 Å². The van der Waals surface area contributed by atoms with Crippen molar-refractivity contribution in [3.05, 3.63) is 45.2 Å². The number of rotatable bonds is 1. The molecule has 1 aromatic carbocycles. The molecule has 0 fully saturated rings. The minimum absolute atomic E-state index is 1.07. The summed E-state index contributed by atoms with van der Waals surface area (Å²) in [6, 6.07) is 10.5. The summed E-state index contributed by atoms with van der Waals surface area (Å²) in [5, 5.41) is 0. The number of hydrogen-bond acceptors (Lipinski definition) is 1. The molecule has 0 amide bonds. The van der Waals surface area contributed by atoms with Crippen molar-refractivity contribution in [3.63, 3.8) is 0 Å². The fraction of sp³-hybridized carbons (Fsp3) is 0.375. The van der Waals surface area contributed by atoms with Crippen LogP contribution in [0, 0.1) is 3.57 Å². The smallest absolute Gasteiger partial charge is 0.147 e. The predicted molar refractivity (Wildman–Crippen MR) is 82.7 cm³/mol. The van der Waals surface area contributed by atoms with E-state index in [-0.39, 0.29) is 0 Å². The third kappa shape index (κ3) is 2.35. The van der Waals surface area contributed by atoms with Crippen molar-refractivity contribution in [1.29, 1.82) is 0 Å². The van der Waals surface area contributed by atoms with Crippen LogP contribution in [-0.4, -0.2) is 0 Å². The van der Waals surface area contributed by atoms with Crippen LogP contribution in [-0.2, 0) is 12.8 Å². The summed E-state index contributed by atoms with van der Waals surface area (Å²) in [5.74, 6) is 2.31. The van der Waals surface area contributed by atoms with E-state index in [1.165, 1.54) is 52.6 Å². The second kappa shape index (κ2) is 5.47. The molecule has 3 rings (SSSR count). The van der Waals surface area contributed by atoms with Crippen molar-refractivity contribution in [1.82, 2.24) is 0 Å². The molecule has 0 saturated carbocycles. The molecule has 0 unspecified atom stereocenters. The van der Waals surface area contributed by atoms with Gasteiger partial charge in [0, 0.05) is 17.5 Å². The Morgan fingerprint density at radius 1 is 0.889 bits per heavy atom. The summed E-state index contributed by atoms with van der Waals surface area (Å²) in [6.07, 6.45) is 7.57. The molecule has 1 heterocycles. The normalized spacial score (nSPS) is 15.8. The highest BCUT2D eigenvalue weighted by Gasteiger charge is 2.19. The van der Waals surface area contributed by atoms with Gasteiger partial charge in [0.25, 0.3) is 0 Å². The fourth-order valence-electron chi connectivity index (χ4n) is 2.66. The molecule has 94 valence electrons. The van der Waals surface area contributed by atoms with Gasteiger partial charge in [-0.25, -0.2) is 0 Å². The molecule has 2 aromatic rings. The largest absolute Gasteiger partial charge is 0.460 e. The van der Waals surface area contributed by atoms with E-state index in [1.807, 2.05) is 0 Å². The van der Waals surface area contributed by atoms with Crippen molar-refractivity contribution in [3.8, 4) is 11.3 Å². The minimum Gasteiger partial charge on any atom is -0.460 e. The van der Waals surface area contributed by atoms with Gasteiger partial charge in [0.1, 0.15) is 11.5 Å². The average molecular weight is 352 g/mol. The molecule has 1 aliphatic rings. The summed E-state index contributed by atoms with van der Waals surface area (Å²) in [5.41, 5.74) is 2.67. The molecule has 0 bridgehead atoms. The Morgan fingerprint density at radius 2 is 1.61 bits per heavy atom. The summed E-state index contributed by atoms with van der Waals surface area (Å²) in [7, 11) is 0. The summed E-state index contributed by atoms with van der Waals surface area (Å²) in [6.45, 7) is 0. The van der Waals surface area contributed by atoms with Gasteiger partial charge in [0.05, 0.1) is 3.57 Å². The van der Waals surface area contributed by atoms with Crippen LogP contribution in [0.4, 0.5) is 0 Å². The Labute approximate surface area is 122 Å². The zero-order valence-corrected chi connectivity index (χ0v) is 12.6. The topological polar surface area (TPSA) is 13.1 Å². The molecule has 18 heavy (non-hydrogen) atoms. The lowest BCUT2D eigenvalue weighted by atomic mass is 9.99. The first kappa shape index (κ1) is 12.3. The Bertz CT molecular complexity index is 528. The van der Waals surface area contributed by atoms with Crippen LogP contribution in [0.3, 0.4) is 0 Å². The summed E-state index contributed by atoms with van der Waals surface area (Å²) in [4.78, 5) is 0. The molecule has 0 aliphatic heterocycles. The first-order chi connectivity index (χ1) is 8.86. The maximum atomic E-state index is 6.15. The van der Waals surface area contributed by atoms with Crippen LogP contribution in [0.5, 0.6) is 0 Å². The zero-order valence-electron chi connectivity index (χ0n) is 10.4. The number of aryl methyl sites for hydroxylation is 1. The second-order valence-electron chi connectivity index (χ2n) is 4.93. The number of halogens is 1. The van der Waals surface area contributed by atoms with Gasteiger partial charge >= 0.3 is 0 Å². The Morgan fingerprint density at radius 3 is 2.39 bits per heavy atom.